The zero-order chi connectivity index (χ0) is 15.5. The van der Waals surface area contributed by atoms with Gasteiger partial charge in [-0.3, -0.25) is 4.79 Å². The van der Waals surface area contributed by atoms with Gasteiger partial charge >= 0.3 is 6.36 Å². The van der Waals surface area contributed by atoms with E-state index in [-0.39, 0.29) is 22.2 Å². The van der Waals surface area contributed by atoms with Gasteiger partial charge in [-0.15, -0.1) is 13.2 Å². The Hall–Kier alpha value is -1.28. The quantitative estimate of drug-likeness (QED) is 0.858. The van der Waals surface area contributed by atoms with E-state index in [1.165, 1.54) is 12.1 Å². The number of carbonyl (C=O) groups is 1. The molecule has 4 nitrogen and oxygen atoms in total. The van der Waals surface area contributed by atoms with Gasteiger partial charge in [0.2, 0.25) is 5.91 Å². The van der Waals surface area contributed by atoms with Crippen molar-refractivity contribution in [3.8, 4) is 5.75 Å². The number of benzene rings is 1. The summed E-state index contributed by atoms with van der Waals surface area (Å²) in [6.45, 7) is 0.910. The summed E-state index contributed by atoms with van der Waals surface area (Å²) in [6, 6.07) is 4.06. The van der Waals surface area contributed by atoms with Gasteiger partial charge in [-0.1, -0.05) is 0 Å². The van der Waals surface area contributed by atoms with E-state index in [1.807, 2.05) is 0 Å². The zero-order valence-corrected chi connectivity index (χ0v) is 12.6. The summed E-state index contributed by atoms with van der Waals surface area (Å²) >= 11 is 2.99. The van der Waals surface area contributed by atoms with E-state index in [1.54, 1.807) is 0 Å². The standard InChI is InChI=1S/C13H14BrF3N2O2/c14-10-6-9(3-4-11(10)21-13(15,16)17)19-12(20)7-8-2-1-5-18-8/h3-4,6,8,18H,1-2,5,7H2,(H,19,20). The highest BCUT2D eigenvalue weighted by molar-refractivity contribution is 9.10. The molecule has 1 atom stereocenters. The van der Waals surface area contributed by atoms with Crippen molar-refractivity contribution in [2.45, 2.75) is 31.7 Å². The molecule has 116 valence electrons. The SMILES string of the molecule is O=C(CC1CCCN1)Nc1ccc(OC(F)(F)F)c(Br)c1. The fourth-order valence-corrected chi connectivity index (χ4v) is 2.61. The van der Waals surface area contributed by atoms with Crippen molar-refractivity contribution in [3.05, 3.63) is 22.7 Å². The first kappa shape index (κ1) is 16.1. The van der Waals surface area contributed by atoms with Crippen LogP contribution in [0.2, 0.25) is 0 Å². The van der Waals surface area contributed by atoms with Gasteiger partial charge < -0.3 is 15.4 Å². The van der Waals surface area contributed by atoms with E-state index in [2.05, 4.69) is 31.3 Å². The Labute approximate surface area is 128 Å². The van der Waals surface area contributed by atoms with E-state index >= 15 is 0 Å². The molecule has 0 saturated carbocycles. The molecule has 1 aliphatic rings. The average molecular weight is 367 g/mol. The van der Waals surface area contributed by atoms with Crippen molar-refractivity contribution in [2.24, 2.45) is 0 Å². The Morgan fingerprint density at radius 1 is 1.48 bits per heavy atom. The number of amides is 1. The highest BCUT2D eigenvalue weighted by Crippen LogP contribution is 2.32. The van der Waals surface area contributed by atoms with Gasteiger partial charge in [0.15, 0.2) is 0 Å². The molecule has 21 heavy (non-hydrogen) atoms. The molecule has 0 radical (unpaired) electrons. The maximum absolute atomic E-state index is 12.1. The highest BCUT2D eigenvalue weighted by Gasteiger charge is 2.32. The molecule has 0 aliphatic carbocycles. The van der Waals surface area contributed by atoms with Gasteiger partial charge in [0, 0.05) is 18.2 Å². The van der Waals surface area contributed by atoms with Crippen LogP contribution in [0.25, 0.3) is 0 Å². The lowest BCUT2D eigenvalue weighted by Gasteiger charge is -2.13. The van der Waals surface area contributed by atoms with Crippen molar-refractivity contribution in [1.29, 1.82) is 0 Å². The molecule has 1 amide bonds. The van der Waals surface area contributed by atoms with Crippen LogP contribution in [0.5, 0.6) is 5.75 Å². The second-order valence-electron chi connectivity index (χ2n) is 4.74. The molecule has 2 rings (SSSR count). The van der Waals surface area contributed by atoms with E-state index in [4.69, 9.17) is 0 Å². The number of hydrogen-bond donors (Lipinski definition) is 2. The zero-order valence-electron chi connectivity index (χ0n) is 11.0. The molecular formula is C13H14BrF3N2O2. The first-order valence-corrected chi connectivity index (χ1v) is 7.21. The van der Waals surface area contributed by atoms with Gasteiger partial charge in [-0.05, 0) is 53.5 Å². The summed E-state index contributed by atoms with van der Waals surface area (Å²) in [5.41, 5.74) is 0.416. The van der Waals surface area contributed by atoms with Crippen LogP contribution in [0.3, 0.4) is 0 Å². The number of halogens is 4. The number of alkyl halides is 3. The Morgan fingerprint density at radius 2 is 2.24 bits per heavy atom. The van der Waals surface area contributed by atoms with Crippen LogP contribution in [-0.2, 0) is 4.79 Å². The Bertz CT molecular complexity index is 517. The van der Waals surface area contributed by atoms with Crippen LogP contribution < -0.4 is 15.4 Å². The number of carbonyl (C=O) groups excluding carboxylic acids is 1. The van der Waals surface area contributed by atoms with Crippen molar-refractivity contribution in [1.82, 2.24) is 5.32 Å². The van der Waals surface area contributed by atoms with Gasteiger partial charge in [0.1, 0.15) is 5.75 Å². The normalized spacial score (nSPS) is 18.6. The molecule has 1 heterocycles. The Morgan fingerprint density at radius 3 is 2.81 bits per heavy atom. The third-order valence-electron chi connectivity index (χ3n) is 3.04. The largest absolute Gasteiger partial charge is 0.573 e. The summed E-state index contributed by atoms with van der Waals surface area (Å²) < 4.78 is 40.4. The van der Waals surface area contributed by atoms with Crippen molar-refractivity contribution < 1.29 is 22.7 Å². The van der Waals surface area contributed by atoms with Crippen LogP contribution in [-0.4, -0.2) is 24.9 Å². The minimum Gasteiger partial charge on any atom is -0.405 e. The molecule has 1 aliphatic heterocycles. The van der Waals surface area contributed by atoms with Crippen LogP contribution in [0.4, 0.5) is 18.9 Å². The van der Waals surface area contributed by atoms with Crippen molar-refractivity contribution in [2.75, 3.05) is 11.9 Å². The molecule has 2 N–H and O–H groups in total. The Balaban J connectivity index is 1.94. The molecule has 8 heteroatoms. The highest BCUT2D eigenvalue weighted by atomic mass is 79.9. The maximum atomic E-state index is 12.1. The minimum absolute atomic E-state index is 0.122. The smallest absolute Gasteiger partial charge is 0.405 e. The number of rotatable bonds is 4. The first-order valence-electron chi connectivity index (χ1n) is 6.42. The molecule has 1 fully saturated rings. The predicted octanol–water partition coefficient (Wildman–Crippen LogP) is 3.43. The fourth-order valence-electron chi connectivity index (χ4n) is 2.15. The topological polar surface area (TPSA) is 50.4 Å². The van der Waals surface area contributed by atoms with Crippen LogP contribution in [0.1, 0.15) is 19.3 Å². The lowest BCUT2D eigenvalue weighted by atomic mass is 10.1. The van der Waals surface area contributed by atoms with E-state index in [0.717, 1.165) is 25.5 Å². The summed E-state index contributed by atoms with van der Waals surface area (Å²) in [7, 11) is 0. The summed E-state index contributed by atoms with van der Waals surface area (Å²) in [5.74, 6) is -0.524. The summed E-state index contributed by atoms with van der Waals surface area (Å²) in [5, 5.41) is 5.86. The molecule has 1 unspecified atom stereocenters. The van der Waals surface area contributed by atoms with Crippen molar-refractivity contribution in [3.63, 3.8) is 0 Å². The molecule has 1 aromatic rings. The Kier molecular flexibility index (Phi) is 5.10. The minimum atomic E-state index is -4.75. The lowest BCUT2D eigenvalue weighted by molar-refractivity contribution is -0.274. The van der Waals surface area contributed by atoms with Gasteiger partial charge in [0.05, 0.1) is 4.47 Å². The lowest BCUT2D eigenvalue weighted by Crippen LogP contribution is -2.27. The van der Waals surface area contributed by atoms with Crippen LogP contribution in [0.15, 0.2) is 22.7 Å². The van der Waals surface area contributed by atoms with Gasteiger partial charge in [0.25, 0.3) is 0 Å². The van der Waals surface area contributed by atoms with Crippen molar-refractivity contribution >= 4 is 27.5 Å². The summed E-state index contributed by atoms with van der Waals surface area (Å²) in [6.07, 6.45) is -2.40. The molecule has 0 bridgehead atoms. The second-order valence-corrected chi connectivity index (χ2v) is 5.59. The van der Waals surface area contributed by atoms with Gasteiger partial charge in [-0.2, -0.15) is 0 Å². The molecule has 0 aromatic heterocycles. The number of nitrogens with one attached hydrogen (secondary N) is 2. The molecule has 1 saturated heterocycles. The summed E-state index contributed by atoms with van der Waals surface area (Å²) in [4.78, 5) is 11.8. The number of hydrogen-bond acceptors (Lipinski definition) is 3. The number of anilines is 1. The number of ether oxygens (including phenoxy) is 1. The van der Waals surface area contributed by atoms with Crippen LogP contribution >= 0.6 is 15.9 Å². The molecule has 0 spiro atoms. The van der Waals surface area contributed by atoms with E-state index in [9.17, 15) is 18.0 Å². The van der Waals surface area contributed by atoms with Gasteiger partial charge in [-0.25, -0.2) is 0 Å². The molecule has 1 aromatic carbocycles. The van der Waals surface area contributed by atoms with E-state index in [0.29, 0.717) is 12.1 Å². The fraction of sp³-hybridized carbons (Fsp3) is 0.462. The first-order chi connectivity index (χ1) is 9.83. The third-order valence-corrected chi connectivity index (χ3v) is 3.66. The average Bonchev–Trinajstić information content (AvgIpc) is 2.84. The third kappa shape index (κ3) is 5.20. The van der Waals surface area contributed by atoms with E-state index < -0.39 is 6.36 Å². The maximum Gasteiger partial charge on any atom is 0.573 e. The second kappa shape index (κ2) is 6.65. The predicted molar refractivity (Wildman–Crippen MR) is 75.1 cm³/mol. The molecular weight excluding hydrogens is 353 g/mol. The monoisotopic (exact) mass is 366 g/mol. The van der Waals surface area contributed by atoms with Crippen LogP contribution in [0, 0.1) is 0 Å².